The number of allylic oxidation sites excluding steroid dienone is 5. The van der Waals surface area contributed by atoms with Crippen molar-refractivity contribution in [3.63, 3.8) is 0 Å². The van der Waals surface area contributed by atoms with Crippen molar-refractivity contribution in [3.05, 3.63) is 78.8 Å². The first-order valence-corrected chi connectivity index (χ1v) is 8.33. The maximum atomic E-state index is 11.3. The molecule has 0 spiro atoms. The number of anilines is 1. The van der Waals surface area contributed by atoms with Crippen molar-refractivity contribution in [3.8, 4) is 6.07 Å². The zero-order valence-electron chi connectivity index (χ0n) is 13.0. The van der Waals surface area contributed by atoms with E-state index in [1.807, 2.05) is 18.2 Å². The first-order chi connectivity index (χ1) is 12.0. The number of halogens is 1. The van der Waals surface area contributed by atoms with Gasteiger partial charge < -0.3 is 10.5 Å². The Morgan fingerprint density at radius 3 is 2.52 bits per heavy atom. The largest absolute Gasteiger partial charge is 0.625 e. The van der Waals surface area contributed by atoms with Crippen LogP contribution in [0.1, 0.15) is 12.8 Å². The Morgan fingerprint density at radius 2 is 2.00 bits per heavy atom. The Labute approximate surface area is 151 Å². The number of hydrogen-bond donors (Lipinski definition) is 2. The van der Waals surface area contributed by atoms with Gasteiger partial charge in [-0.2, -0.15) is 5.26 Å². The van der Waals surface area contributed by atoms with Crippen molar-refractivity contribution < 1.29 is 10.1 Å². The van der Waals surface area contributed by atoms with Crippen molar-refractivity contribution in [2.75, 3.05) is 5.32 Å². The van der Waals surface area contributed by atoms with E-state index < -0.39 is 4.92 Å². The third-order valence-corrected chi connectivity index (χ3v) is 4.51. The number of nitriles is 1. The Bertz CT molecular complexity index is 887. The molecule has 2 N–H and O–H groups in total. The summed E-state index contributed by atoms with van der Waals surface area (Å²) >= 11 is 3.34. The highest BCUT2D eigenvalue weighted by atomic mass is 79.9. The summed E-state index contributed by atoms with van der Waals surface area (Å²) in [6.07, 6.45) is 4.51. The van der Waals surface area contributed by atoms with Gasteiger partial charge in [0, 0.05) is 15.7 Å². The maximum absolute atomic E-state index is 11.3. The second-order valence-electron chi connectivity index (χ2n) is 5.71. The van der Waals surface area contributed by atoms with Gasteiger partial charge in [0.15, 0.2) is 0 Å². The van der Waals surface area contributed by atoms with Gasteiger partial charge in [0.25, 0.3) is 5.70 Å². The van der Waals surface area contributed by atoms with Crippen molar-refractivity contribution >= 4 is 27.3 Å². The minimum absolute atomic E-state index is 0.00254. The number of nitro groups is 1. The highest BCUT2D eigenvalue weighted by Crippen LogP contribution is 2.42. The van der Waals surface area contributed by atoms with Crippen molar-refractivity contribution in [1.82, 2.24) is 0 Å². The SMILES string of the molecule is N#C/C(Nc1ccc(Br)cc1)=C1\C=C(C2CC2)C([N+](=O)[O-])=C\C1=[NH+]/[O-]. The van der Waals surface area contributed by atoms with E-state index in [1.165, 1.54) is 6.08 Å². The minimum Gasteiger partial charge on any atom is -0.625 e. The number of nitrogens with zero attached hydrogens (tertiary/aromatic N) is 2. The second kappa shape index (κ2) is 6.91. The first kappa shape index (κ1) is 16.9. The third kappa shape index (κ3) is 3.61. The van der Waals surface area contributed by atoms with Gasteiger partial charge in [-0.3, -0.25) is 10.1 Å². The van der Waals surface area contributed by atoms with Gasteiger partial charge in [0.2, 0.25) is 5.71 Å². The van der Waals surface area contributed by atoms with Crippen LogP contribution in [-0.4, -0.2) is 10.6 Å². The van der Waals surface area contributed by atoms with Gasteiger partial charge in [-0.1, -0.05) is 15.9 Å². The van der Waals surface area contributed by atoms with Gasteiger partial charge in [-0.05, 0) is 49.1 Å². The summed E-state index contributed by atoms with van der Waals surface area (Å²) in [6.45, 7) is 0. The van der Waals surface area contributed by atoms with Crippen molar-refractivity contribution in [2.45, 2.75) is 12.8 Å². The van der Waals surface area contributed by atoms with Crippen LogP contribution in [0.15, 0.2) is 63.4 Å². The van der Waals surface area contributed by atoms with Gasteiger partial charge >= 0.3 is 0 Å². The summed E-state index contributed by atoms with van der Waals surface area (Å²) in [4.78, 5) is 10.8. The minimum atomic E-state index is -0.494. The molecular formula is C17H13BrN4O3. The zero-order chi connectivity index (χ0) is 18.0. The van der Waals surface area contributed by atoms with E-state index in [0.717, 1.165) is 17.3 Å². The van der Waals surface area contributed by atoms with Crippen LogP contribution in [0, 0.1) is 32.6 Å². The topological polar surface area (TPSA) is 116 Å². The van der Waals surface area contributed by atoms with Crippen LogP contribution in [-0.2, 0) is 0 Å². The van der Waals surface area contributed by atoms with Crippen LogP contribution in [0.5, 0.6) is 0 Å². The Balaban J connectivity index is 2.05. The zero-order valence-corrected chi connectivity index (χ0v) is 14.5. The molecule has 0 saturated heterocycles. The van der Waals surface area contributed by atoms with Gasteiger partial charge in [-0.25, -0.2) is 5.16 Å². The number of benzene rings is 1. The molecule has 126 valence electrons. The molecule has 1 saturated carbocycles. The normalized spacial score (nSPS) is 20.4. The molecule has 0 unspecified atom stereocenters. The summed E-state index contributed by atoms with van der Waals surface area (Å²) in [6, 6.07) is 9.22. The van der Waals surface area contributed by atoms with E-state index in [-0.39, 0.29) is 23.0 Å². The molecule has 2 aliphatic carbocycles. The predicted octanol–water partition coefficient (Wildman–Crippen LogP) is 2.17. The molecule has 1 aromatic rings. The summed E-state index contributed by atoms with van der Waals surface area (Å²) in [5.74, 6) is 0.104. The third-order valence-electron chi connectivity index (χ3n) is 3.99. The summed E-state index contributed by atoms with van der Waals surface area (Å²) in [7, 11) is 0. The summed E-state index contributed by atoms with van der Waals surface area (Å²) in [5.41, 5.74) is 1.61. The first-order valence-electron chi connectivity index (χ1n) is 7.54. The lowest BCUT2D eigenvalue weighted by atomic mass is 9.93. The molecule has 0 heterocycles. The second-order valence-corrected chi connectivity index (χ2v) is 6.62. The van der Waals surface area contributed by atoms with E-state index in [9.17, 15) is 20.6 Å². The quantitative estimate of drug-likeness (QED) is 0.347. The van der Waals surface area contributed by atoms with E-state index in [0.29, 0.717) is 16.8 Å². The molecule has 1 aromatic carbocycles. The average molecular weight is 401 g/mol. The average Bonchev–Trinajstić information content (AvgIpc) is 3.45. The summed E-state index contributed by atoms with van der Waals surface area (Å²) < 4.78 is 0.893. The van der Waals surface area contributed by atoms with Crippen LogP contribution in [0.25, 0.3) is 0 Å². The molecule has 3 rings (SSSR count). The van der Waals surface area contributed by atoms with Gasteiger partial charge in [0.1, 0.15) is 11.8 Å². The van der Waals surface area contributed by atoms with Crippen molar-refractivity contribution in [2.24, 2.45) is 5.92 Å². The molecule has 0 amide bonds. The molecule has 25 heavy (non-hydrogen) atoms. The van der Waals surface area contributed by atoms with E-state index >= 15 is 0 Å². The van der Waals surface area contributed by atoms with Crippen LogP contribution in [0.4, 0.5) is 5.69 Å². The van der Waals surface area contributed by atoms with Gasteiger partial charge in [-0.15, -0.1) is 0 Å². The molecule has 0 atom stereocenters. The van der Waals surface area contributed by atoms with Crippen LogP contribution >= 0.6 is 15.9 Å². The lowest BCUT2D eigenvalue weighted by Crippen LogP contribution is -2.65. The molecule has 1 fully saturated rings. The standard InChI is InChI=1S/C17H13BrN4O3/c18-11-3-5-12(6-4-11)20-16(9-19)14-7-13(10-1-2-10)17(22(24)25)8-15(14)21-23/h3-8,10,20-21H,1-2H2/b16-14-,21-15+. The smallest absolute Gasteiger partial charge is 0.279 e. The van der Waals surface area contributed by atoms with E-state index in [2.05, 4.69) is 21.2 Å². The number of nitrogens with one attached hydrogen (secondary N) is 2. The Hall–Kier alpha value is -2.92. The fourth-order valence-corrected chi connectivity index (χ4v) is 2.87. The lowest BCUT2D eigenvalue weighted by Gasteiger charge is -2.13. The molecular weight excluding hydrogens is 388 g/mol. The van der Waals surface area contributed by atoms with E-state index in [1.54, 1.807) is 23.4 Å². The molecule has 7 nitrogen and oxygen atoms in total. The van der Waals surface area contributed by atoms with E-state index in [4.69, 9.17) is 0 Å². The van der Waals surface area contributed by atoms with Gasteiger partial charge in [0.05, 0.1) is 16.6 Å². The Morgan fingerprint density at radius 1 is 1.32 bits per heavy atom. The molecule has 0 aliphatic heterocycles. The highest BCUT2D eigenvalue weighted by molar-refractivity contribution is 9.10. The van der Waals surface area contributed by atoms with Crippen molar-refractivity contribution in [1.29, 1.82) is 5.26 Å². The monoisotopic (exact) mass is 400 g/mol. The maximum Gasteiger partial charge on any atom is 0.279 e. The summed E-state index contributed by atoms with van der Waals surface area (Å²) in [5, 5.41) is 36.8. The molecule has 0 aromatic heterocycles. The molecule has 2 aliphatic rings. The number of hydrogen-bond acceptors (Lipinski definition) is 5. The van der Waals surface area contributed by atoms with Crippen LogP contribution < -0.4 is 10.5 Å². The predicted molar refractivity (Wildman–Crippen MR) is 95.6 cm³/mol. The lowest BCUT2D eigenvalue weighted by molar-refractivity contribution is -0.422. The van der Waals surface area contributed by atoms with Crippen LogP contribution in [0.2, 0.25) is 0 Å². The molecule has 0 radical (unpaired) electrons. The highest BCUT2D eigenvalue weighted by Gasteiger charge is 2.38. The fourth-order valence-electron chi connectivity index (χ4n) is 2.61. The number of rotatable bonds is 4. The van der Waals surface area contributed by atoms with Crippen LogP contribution in [0.3, 0.4) is 0 Å². The molecule has 8 heteroatoms. The molecule has 0 bridgehead atoms. The fraction of sp³-hybridized carbons (Fsp3) is 0.176. The Kier molecular flexibility index (Phi) is 4.67.